The van der Waals surface area contributed by atoms with E-state index in [2.05, 4.69) is 0 Å². The Bertz CT molecular complexity index is 423. The molecule has 1 rings (SSSR count). The summed E-state index contributed by atoms with van der Waals surface area (Å²) in [5, 5.41) is 0. The van der Waals surface area contributed by atoms with Crippen LogP contribution in [0, 0.1) is 3.57 Å². The Morgan fingerprint density at radius 3 is 1.88 bits per heavy atom. The lowest BCUT2D eigenvalue weighted by molar-refractivity contribution is -0.144. The predicted molar refractivity (Wildman–Crippen MR) is 57.1 cm³/mol. The minimum atomic E-state index is -4.85. The maximum atomic E-state index is 12.6. The van der Waals surface area contributed by atoms with E-state index in [4.69, 9.17) is 5.73 Å². The SMILES string of the molecule is NCc1c(C(F)(F)F)ccc(I)c1C(F)(F)F. The van der Waals surface area contributed by atoms with Crippen LogP contribution in [0.15, 0.2) is 12.1 Å². The number of rotatable bonds is 1. The van der Waals surface area contributed by atoms with Gasteiger partial charge in [0.25, 0.3) is 0 Å². The molecule has 8 heteroatoms. The van der Waals surface area contributed by atoms with Gasteiger partial charge in [-0.2, -0.15) is 26.3 Å². The van der Waals surface area contributed by atoms with Crippen LogP contribution in [0.3, 0.4) is 0 Å². The molecule has 0 spiro atoms. The van der Waals surface area contributed by atoms with Crippen LogP contribution in [0.4, 0.5) is 26.3 Å². The monoisotopic (exact) mass is 369 g/mol. The first kappa shape index (κ1) is 14.6. The highest BCUT2D eigenvalue weighted by Gasteiger charge is 2.41. The van der Waals surface area contributed by atoms with Crippen LogP contribution in [0.2, 0.25) is 0 Å². The zero-order valence-electron chi connectivity index (χ0n) is 8.08. The van der Waals surface area contributed by atoms with Gasteiger partial charge >= 0.3 is 12.4 Å². The Hall–Kier alpha value is -0.510. The molecule has 1 aromatic rings. The molecular weight excluding hydrogens is 363 g/mol. The van der Waals surface area contributed by atoms with Gasteiger partial charge in [0.15, 0.2) is 0 Å². The average Bonchev–Trinajstić information content (AvgIpc) is 2.12. The minimum absolute atomic E-state index is 0.302. The normalized spacial score (nSPS) is 12.9. The number of halogens is 7. The van der Waals surface area contributed by atoms with Crippen molar-refractivity contribution in [3.8, 4) is 0 Å². The van der Waals surface area contributed by atoms with Crippen LogP contribution < -0.4 is 5.73 Å². The largest absolute Gasteiger partial charge is 0.417 e. The third kappa shape index (κ3) is 3.03. The number of benzene rings is 1. The third-order valence-corrected chi connectivity index (χ3v) is 2.95. The molecule has 0 amide bonds. The summed E-state index contributed by atoms with van der Waals surface area (Å²) in [6.07, 6.45) is -9.70. The number of hydrogen-bond acceptors (Lipinski definition) is 1. The Labute approximate surface area is 106 Å². The van der Waals surface area contributed by atoms with Crippen LogP contribution in [0.5, 0.6) is 0 Å². The van der Waals surface area contributed by atoms with Gasteiger partial charge < -0.3 is 5.73 Å². The quantitative estimate of drug-likeness (QED) is 0.592. The Kier molecular flexibility index (Phi) is 3.97. The molecule has 0 aliphatic carbocycles. The van der Waals surface area contributed by atoms with Gasteiger partial charge in [0, 0.05) is 10.1 Å². The number of nitrogens with two attached hydrogens (primary N) is 1. The summed E-state index contributed by atoms with van der Waals surface area (Å²) in [6, 6.07) is 1.39. The van der Waals surface area contributed by atoms with E-state index in [1.165, 1.54) is 22.6 Å². The molecule has 0 aliphatic heterocycles. The lowest BCUT2D eigenvalue weighted by Crippen LogP contribution is -2.20. The van der Waals surface area contributed by atoms with Crippen molar-refractivity contribution in [3.63, 3.8) is 0 Å². The van der Waals surface area contributed by atoms with Crippen molar-refractivity contribution in [3.05, 3.63) is 32.4 Å². The Morgan fingerprint density at radius 1 is 1.00 bits per heavy atom. The molecule has 0 aliphatic rings. The molecule has 96 valence electrons. The average molecular weight is 369 g/mol. The lowest BCUT2D eigenvalue weighted by Gasteiger charge is -2.18. The molecule has 2 N–H and O–H groups in total. The zero-order chi connectivity index (χ0) is 13.4. The van der Waals surface area contributed by atoms with Gasteiger partial charge in [0.1, 0.15) is 0 Å². The lowest BCUT2D eigenvalue weighted by atomic mass is 10.00. The van der Waals surface area contributed by atoms with Gasteiger partial charge in [0.05, 0.1) is 11.1 Å². The van der Waals surface area contributed by atoms with Crippen molar-refractivity contribution in [1.29, 1.82) is 0 Å². The molecule has 0 heterocycles. The van der Waals surface area contributed by atoms with Gasteiger partial charge in [-0.05, 0) is 40.3 Å². The minimum Gasteiger partial charge on any atom is -0.326 e. The second-order valence-corrected chi connectivity index (χ2v) is 4.31. The molecule has 0 atom stereocenters. The summed E-state index contributed by atoms with van der Waals surface area (Å²) in [5.74, 6) is 0. The zero-order valence-corrected chi connectivity index (χ0v) is 10.2. The van der Waals surface area contributed by atoms with E-state index in [1.807, 2.05) is 0 Å². The highest BCUT2D eigenvalue weighted by atomic mass is 127. The summed E-state index contributed by atoms with van der Waals surface area (Å²) in [4.78, 5) is 0. The highest BCUT2D eigenvalue weighted by Crippen LogP contribution is 2.41. The van der Waals surface area contributed by atoms with Gasteiger partial charge in [-0.15, -0.1) is 0 Å². The predicted octanol–water partition coefficient (Wildman–Crippen LogP) is 3.79. The van der Waals surface area contributed by atoms with E-state index < -0.39 is 35.6 Å². The molecular formula is C9H6F6IN. The molecule has 1 nitrogen and oxygen atoms in total. The van der Waals surface area contributed by atoms with Crippen LogP contribution >= 0.6 is 22.6 Å². The molecule has 0 aromatic heterocycles. The smallest absolute Gasteiger partial charge is 0.326 e. The maximum absolute atomic E-state index is 12.6. The van der Waals surface area contributed by atoms with Crippen molar-refractivity contribution < 1.29 is 26.3 Å². The second-order valence-electron chi connectivity index (χ2n) is 3.15. The summed E-state index contributed by atoms with van der Waals surface area (Å²) >= 11 is 1.34. The summed E-state index contributed by atoms with van der Waals surface area (Å²) < 4.78 is 75.1. The maximum Gasteiger partial charge on any atom is 0.417 e. The topological polar surface area (TPSA) is 26.0 Å². The van der Waals surface area contributed by atoms with Crippen LogP contribution in [0.1, 0.15) is 16.7 Å². The molecule has 1 aromatic carbocycles. The van der Waals surface area contributed by atoms with Gasteiger partial charge in [-0.1, -0.05) is 0 Å². The van der Waals surface area contributed by atoms with Crippen LogP contribution in [-0.4, -0.2) is 0 Å². The molecule has 0 saturated heterocycles. The molecule has 0 saturated carbocycles. The van der Waals surface area contributed by atoms with Crippen LogP contribution in [0.25, 0.3) is 0 Å². The van der Waals surface area contributed by atoms with E-state index in [-0.39, 0.29) is 3.57 Å². The van der Waals surface area contributed by atoms with Gasteiger partial charge in [-0.25, -0.2) is 0 Å². The van der Waals surface area contributed by atoms with Crippen molar-refractivity contribution in [2.24, 2.45) is 5.73 Å². The van der Waals surface area contributed by atoms with E-state index in [1.54, 1.807) is 0 Å². The fraction of sp³-hybridized carbons (Fsp3) is 0.333. The van der Waals surface area contributed by atoms with Crippen molar-refractivity contribution >= 4 is 22.6 Å². The van der Waals surface area contributed by atoms with E-state index in [0.29, 0.717) is 6.07 Å². The fourth-order valence-electron chi connectivity index (χ4n) is 1.40. The van der Waals surface area contributed by atoms with Gasteiger partial charge in [-0.3, -0.25) is 0 Å². The molecule has 0 bridgehead atoms. The summed E-state index contributed by atoms with van der Waals surface area (Å²) in [6.45, 7) is -0.819. The van der Waals surface area contributed by atoms with Crippen molar-refractivity contribution in [2.45, 2.75) is 18.9 Å². The van der Waals surface area contributed by atoms with Gasteiger partial charge in [0.2, 0.25) is 0 Å². The van der Waals surface area contributed by atoms with Crippen molar-refractivity contribution in [2.75, 3.05) is 0 Å². The number of hydrogen-bond donors (Lipinski definition) is 1. The Morgan fingerprint density at radius 2 is 1.53 bits per heavy atom. The van der Waals surface area contributed by atoms with Crippen LogP contribution in [-0.2, 0) is 18.9 Å². The first-order valence-corrected chi connectivity index (χ1v) is 5.32. The molecule has 0 radical (unpaired) electrons. The molecule has 17 heavy (non-hydrogen) atoms. The third-order valence-electron chi connectivity index (χ3n) is 2.06. The van der Waals surface area contributed by atoms with E-state index in [0.717, 1.165) is 6.07 Å². The summed E-state index contributed by atoms with van der Waals surface area (Å²) in [7, 11) is 0. The second kappa shape index (κ2) is 4.63. The highest BCUT2D eigenvalue weighted by molar-refractivity contribution is 14.1. The first-order chi connectivity index (χ1) is 7.59. The number of alkyl halides is 6. The Balaban J connectivity index is 3.60. The first-order valence-electron chi connectivity index (χ1n) is 4.25. The molecule has 0 fully saturated rings. The fourth-order valence-corrected chi connectivity index (χ4v) is 2.21. The molecule has 0 unspecified atom stereocenters. The van der Waals surface area contributed by atoms with E-state index >= 15 is 0 Å². The summed E-state index contributed by atoms with van der Waals surface area (Å²) in [5.41, 5.74) is 1.44. The van der Waals surface area contributed by atoms with E-state index in [9.17, 15) is 26.3 Å². The van der Waals surface area contributed by atoms with Crippen molar-refractivity contribution in [1.82, 2.24) is 0 Å². The standard InChI is InChI=1S/C9H6F6IN/c10-8(11,12)5-1-2-6(16)7(4(5)3-17)9(13,14)15/h1-2H,3,17H2.